The molecule has 0 atom stereocenters. The molecule has 0 aliphatic carbocycles. The molecule has 0 unspecified atom stereocenters. The Balaban J connectivity index is 2.00. The molecule has 0 spiro atoms. The number of nitrogens with zero attached hydrogens (tertiary/aromatic N) is 3. The van der Waals surface area contributed by atoms with Gasteiger partial charge in [-0.15, -0.1) is 0 Å². The zero-order valence-electron chi connectivity index (χ0n) is 9.82. The van der Waals surface area contributed by atoms with E-state index in [2.05, 4.69) is 41.0 Å². The van der Waals surface area contributed by atoms with Gasteiger partial charge in [0.25, 0.3) is 0 Å². The number of rotatable bonds is 3. The molecule has 0 saturated heterocycles. The standard InChI is InChI=1S/C11H16N4S/c1-11(2,3)14-5-4-8-15-9-10(16-8)13-7-6-12-9/h6-7,14H,4-5H2,1-3H3. The molecule has 0 saturated carbocycles. The number of fused-ring (bicyclic) bond motifs is 1. The van der Waals surface area contributed by atoms with Crippen LogP contribution in [0.2, 0.25) is 0 Å². The van der Waals surface area contributed by atoms with Gasteiger partial charge in [-0.25, -0.2) is 15.0 Å². The zero-order valence-corrected chi connectivity index (χ0v) is 10.6. The Hall–Kier alpha value is -1.07. The SMILES string of the molecule is CC(C)(C)NCCc1nc2nccnc2s1. The lowest BCUT2D eigenvalue weighted by atomic mass is 10.1. The first-order chi connectivity index (χ1) is 7.54. The second kappa shape index (κ2) is 4.43. The summed E-state index contributed by atoms with van der Waals surface area (Å²) in [6.45, 7) is 7.42. The maximum absolute atomic E-state index is 4.44. The summed E-state index contributed by atoms with van der Waals surface area (Å²) in [7, 11) is 0. The molecule has 16 heavy (non-hydrogen) atoms. The van der Waals surface area contributed by atoms with Gasteiger partial charge in [-0.2, -0.15) is 0 Å². The maximum atomic E-state index is 4.44. The molecule has 0 amide bonds. The van der Waals surface area contributed by atoms with Crippen LogP contribution in [0.3, 0.4) is 0 Å². The van der Waals surface area contributed by atoms with Crippen LogP contribution < -0.4 is 5.32 Å². The molecule has 86 valence electrons. The highest BCUT2D eigenvalue weighted by Crippen LogP contribution is 2.17. The molecule has 2 rings (SSSR count). The first-order valence-corrected chi connectivity index (χ1v) is 6.18. The van der Waals surface area contributed by atoms with Crippen LogP contribution in [0.1, 0.15) is 25.8 Å². The maximum Gasteiger partial charge on any atom is 0.189 e. The van der Waals surface area contributed by atoms with Crippen molar-refractivity contribution in [2.45, 2.75) is 32.7 Å². The van der Waals surface area contributed by atoms with Gasteiger partial charge < -0.3 is 5.32 Å². The molecule has 0 aliphatic heterocycles. The van der Waals surface area contributed by atoms with Gasteiger partial charge in [-0.3, -0.25) is 0 Å². The summed E-state index contributed by atoms with van der Waals surface area (Å²) in [5.41, 5.74) is 0.922. The molecule has 4 nitrogen and oxygen atoms in total. The van der Waals surface area contributed by atoms with Gasteiger partial charge in [-0.05, 0) is 20.8 Å². The fourth-order valence-corrected chi connectivity index (χ4v) is 2.23. The lowest BCUT2D eigenvalue weighted by molar-refractivity contribution is 0.429. The Morgan fingerprint density at radius 3 is 2.69 bits per heavy atom. The summed E-state index contributed by atoms with van der Waals surface area (Å²) in [5, 5.41) is 4.54. The van der Waals surface area contributed by atoms with Crippen molar-refractivity contribution in [3.63, 3.8) is 0 Å². The topological polar surface area (TPSA) is 50.7 Å². The highest BCUT2D eigenvalue weighted by Gasteiger charge is 2.09. The van der Waals surface area contributed by atoms with E-state index >= 15 is 0 Å². The number of thiazole rings is 1. The smallest absolute Gasteiger partial charge is 0.189 e. The largest absolute Gasteiger partial charge is 0.312 e. The van der Waals surface area contributed by atoms with Crippen molar-refractivity contribution in [3.05, 3.63) is 17.4 Å². The molecule has 2 aromatic heterocycles. The first kappa shape index (κ1) is 11.4. The Labute approximate surface area is 99.2 Å². The Morgan fingerprint density at radius 1 is 1.25 bits per heavy atom. The molecule has 0 fully saturated rings. The van der Waals surface area contributed by atoms with E-state index in [1.807, 2.05) is 0 Å². The lowest BCUT2D eigenvalue weighted by Gasteiger charge is -2.19. The summed E-state index contributed by atoms with van der Waals surface area (Å²) in [4.78, 5) is 13.8. The van der Waals surface area contributed by atoms with Crippen molar-refractivity contribution in [1.29, 1.82) is 0 Å². The summed E-state index contributed by atoms with van der Waals surface area (Å²) in [6.07, 6.45) is 4.32. The van der Waals surface area contributed by atoms with E-state index < -0.39 is 0 Å². The van der Waals surface area contributed by atoms with Crippen LogP contribution in [-0.2, 0) is 6.42 Å². The monoisotopic (exact) mass is 236 g/mol. The summed E-state index contributed by atoms with van der Waals surface area (Å²) in [5.74, 6) is 0. The molecule has 0 aromatic carbocycles. The average molecular weight is 236 g/mol. The predicted octanol–water partition coefficient (Wildman–Crippen LogP) is 2.02. The third-order valence-electron chi connectivity index (χ3n) is 2.09. The molecule has 0 radical (unpaired) electrons. The number of hydrogen-bond acceptors (Lipinski definition) is 5. The number of hydrogen-bond donors (Lipinski definition) is 1. The van der Waals surface area contributed by atoms with Crippen LogP contribution in [0.5, 0.6) is 0 Å². The molecule has 2 aromatic rings. The van der Waals surface area contributed by atoms with Gasteiger partial charge in [0.05, 0.1) is 5.01 Å². The molecule has 1 N–H and O–H groups in total. The summed E-state index contributed by atoms with van der Waals surface area (Å²) < 4.78 is 0. The minimum absolute atomic E-state index is 0.160. The van der Waals surface area contributed by atoms with E-state index in [1.54, 1.807) is 23.7 Å². The fourth-order valence-electron chi connectivity index (χ4n) is 1.37. The van der Waals surface area contributed by atoms with Gasteiger partial charge >= 0.3 is 0 Å². The van der Waals surface area contributed by atoms with Crippen molar-refractivity contribution in [3.8, 4) is 0 Å². The lowest BCUT2D eigenvalue weighted by Crippen LogP contribution is -2.37. The molecule has 0 aliphatic rings. The molecule has 2 heterocycles. The Kier molecular flexibility index (Phi) is 3.16. The predicted molar refractivity (Wildman–Crippen MR) is 66.7 cm³/mol. The van der Waals surface area contributed by atoms with Gasteiger partial charge in [0, 0.05) is 30.9 Å². The Morgan fingerprint density at radius 2 is 2.00 bits per heavy atom. The van der Waals surface area contributed by atoms with Gasteiger partial charge in [-0.1, -0.05) is 11.3 Å². The molecular weight excluding hydrogens is 220 g/mol. The van der Waals surface area contributed by atoms with Crippen molar-refractivity contribution < 1.29 is 0 Å². The summed E-state index contributed by atoms with van der Waals surface area (Å²) in [6, 6.07) is 0. The second-order valence-electron chi connectivity index (χ2n) is 4.72. The Bertz CT molecular complexity index is 439. The third-order valence-corrected chi connectivity index (χ3v) is 3.10. The van der Waals surface area contributed by atoms with Crippen molar-refractivity contribution >= 4 is 21.8 Å². The minimum atomic E-state index is 0.160. The van der Waals surface area contributed by atoms with Gasteiger partial charge in [0.1, 0.15) is 0 Å². The second-order valence-corrected chi connectivity index (χ2v) is 5.78. The average Bonchev–Trinajstić information content (AvgIpc) is 2.57. The van der Waals surface area contributed by atoms with E-state index in [0.29, 0.717) is 0 Å². The third kappa shape index (κ3) is 2.96. The van der Waals surface area contributed by atoms with Crippen LogP contribution in [0.15, 0.2) is 12.4 Å². The van der Waals surface area contributed by atoms with Crippen LogP contribution in [0.4, 0.5) is 0 Å². The van der Waals surface area contributed by atoms with Crippen molar-refractivity contribution in [2.75, 3.05) is 6.54 Å². The minimum Gasteiger partial charge on any atom is -0.312 e. The fraction of sp³-hybridized carbons (Fsp3) is 0.545. The van der Waals surface area contributed by atoms with E-state index in [4.69, 9.17) is 0 Å². The van der Waals surface area contributed by atoms with Crippen molar-refractivity contribution in [2.24, 2.45) is 0 Å². The van der Waals surface area contributed by atoms with Crippen LogP contribution in [-0.4, -0.2) is 27.0 Å². The number of nitrogens with one attached hydrogen (secondary N) is 1. The highest BCUT2D eigenvalue weighted by atomic mass is 32.1. The molecular formula is C11H16N4S. The quantitative estimate of drug-likeness (QED) is 0.885. The molecule has 5 heteroatoms. The van der Waals surface area contributed by atoms with Gasteiger partial charge in [0.15, 0.2) is 10.5 Å². The first-order valence-electron chi connectivity index (χ1n) is 5.36. The van der Waals surface area contributed by atoms with Gasteiger partial charge in [0.2, 0.25) is 0 Å². The van der Waals surface area contributed by atoms with Crippen molar-refractivity contribution in [1.82, 2.24) is 20.3 Å². The van der Waals surface area contributed by atoms with E-state index in [1.165, 1.54) is 0 Å². The molecule has 0 bridgehead atoms. The van der Waals surface area contributed by atoms with Crippen LogP contribution in [0, 0.1) is 0 Å². The zero-order chi connectivity index (χ0) is 11.6. The summed E-state index contributed by atoms with van der Waals surface area (Å²) >= 11 is 1.62. The van der Waals surface area contributed by atoms with Crippen LogP contribution >= 0.6 is 11.3 Å². The van der Waals surface area contributed by atoms with Crippen LogP contribution in [0.25, 0.3) is 10.5 Å². The number of aromatic nitrogens is 3. The van der Waals surface area contributed by atoms with E-state index in [-0.39, 0.29) is 5.54 Å². The van der Waals surface area contributed by atoms with E-state index in [9.17, 15) is 0 Å². The highest BCUT2D eigenvalue weighted by molar-refractivity contribution is 7.18. The normalized spacial score (nSPS) is 12.2. The van der Waals surface area contributed by atoms with E-state index in [0.717, 1.165) is 28.5 Å².